The number of carbonyl (C=O) groups excluding carboxylic acids is 2. The lowest BCUT2D eigenvalue weighted by Crippen LogP contribution is -2.38. The van der Waals surface area contributed by atoms with Crippen molar-refractivity contribution in [3.8, 4) is 0 Å². The van der Waals surface area contributed by atoms with E-state index in [2.05, 4.69) is 5.32 Å². The Bertz CT molecular complexity index is 791. The molecule has 28 heavy (non-hydrogen) atoms. The van der Waals surface area contributed by atoms with Crippen molar-refractivity contribution in [3.05, 3.63) is 24.3 Å². The molecule has 2 rings (SSSR count). The number of benzene rings is 1. The fourth-order valence-corrected chi connectivity index (χ4v) is 4.75. The van der Waals surface area contributed by atoms with Crippen LogP contribution in [0.1, 0.15) is 26.7 Å². The molecule has 1 aromatic rings. The fraction of sp³-hybridized carbons (Fsp3) is 0.579. The number of carbonyl (C=O) groups is 2. The fourth-order valence-electron chi connectivity index (χ4n) is 3.18. The summed E-state index contributed by atoms with van der Waals surface area (Å²) >= 11 is 0. The minimum atomic E-state index is -3.53. The number of anilines is 1. The summed E-state index contributed by atoms with van der Waals surface area (Å²) in [6.45, 7) is 5.81. The molecule has 156 valence electrons. The largest absolute Gasteiger partial charge is 0.469 e. The highest BCUT2D eigenvalue weighted by Gasteiger charge is 2.27. The molecule has 1 aromatic carbocycles. The third-order valence-electron chi connectivity index (χ3n) is 4.77. The minimum absolute atomic E-state index is 0.0982. The number of likely N-dealkylation sites (N-methyl/N-ethyl adjacent to an activating group) is 1. The maximum Gasteiger partial charge on any atom is 0.309 e. The van der Waals surface area contributed by atoms with E-state index in [9.17, 15) is 18.0 Å². The van der Waals surface area contributed by atoms with E-state index in [1.54, 1.807) is 25.1 Å². The van der Waals surface area contributed by atoms with Crippen LogP contribution in [0, 0.1) is 5.92 Å². The zero-order chi connectivity index (χ0) is 20.7. The number of methoxy groups -OCH3 is 1. The summed E-state index contributed by atoms with van der Waals surface area (Å²) in [7, 11) is -2.19. The second-order valence-electron chi connectivity index (χ2n) is 6.94. The molecule has 1 amide bonds. The van der Waals surface area contributed by atoms with Crippen molar-refractivity contribution in [1.82, 2.24) is 9.21 Å². The van der Waals surface area contributed by atoms with Crippen molar-refractivity contribution in [2.45, 2.75) is 31.6 Å². The average Bonchev–Trinajstić information content (AvgIpc) is 3.22. The Kier molecular flexibility index (Phi) is 7.97. The highest BCUT2D eigenvalue weighted by atomic mass is 32.2. The first-order valence-electron chi connectivity index (χ1n) is 9.48. The topological polar surface area (TPSA) is 96.0 Å². The standard InChI is InChI=1S/C19H29N3O5S/c1-4-21(13-15(2)19(24)27-3)14-18(23)20-16-8-7-9-17(12-16)28(25,26)22-10-5-6-11-22/h7-9,12,15H,4-6,10-11,13-14H2,1-3H3,(H,20,23). The van der Waals surface area contributed by atoms with Crippen LogP contribution >= 0.6 is 0 Å². The molecule has 0 aliphatic carbocycles. The summed E-state index contributed by atoms with van der Waals surface area (Å²) in [4.78, 5) is 26.0. The van der Waals surface area contributed by atoms with Gasteiger partial charge in [0.1, 0.15) is 0 Å². The van der Waals surface area contributed by atoms with Crippen molar-refractivity contribution < 1.29 is 22.7 Å². The molecule has 1 N–H and O–H groups in total. The molecule has 1 saturated heterocycles. The van der Waals surface area contributed by atoms with Gasteiger partial charge in [0.2, 0.25) is 15.9 Å². The van der Waals surface area contributed by atoms with Gasteiger partial charge in [0.25, 0.3) is 0 Å². The molecule has 0 aromatic heterocycles. The summed E-state index contributed by atoms with van der Waals surface area (Å²) in [5.41, 5.74) is 0.433. The smallest absolute Gasteiger partial charge is 0.309 e. The van der Waals surface area contributed by atoms with E-state index in [4.69, 9.17) is 4.74 Å². The number of amides is 1. The van der Waals surface area contributed by atoms with Crippen LogP contribution in [0.2, 0.25) is 0 Å². The Hall–Kier alpha value is -1.97. The molecule has 0 spiro atoms. The first kappa shape index (κ1) is 22.3. The van der Waals surface area contributed by atoms with Gasteiger partial charge in [0.15, 0.2) is 0 Å². The highest BCUT2D eigenvalue weighted by Crippen LogP contribution is 2.23. The number of hydrogen-bond acceptors (Lipinski definition) is 6. The molecule has 8 nitrogen and oxygen atoms in total. The molecule has 1 aliphatic heterocycles. The van der Waals surface area contributed by atoms with E-state index >= 15 is 0 Å². The van der Waals surface area contributed by atoms with E-state index in [-0.39, 0.29) is 29.2 Å². The van der Waals surface area contributed by atoms with Crippen molar-refractivity contribution in [1.29, 1.82) is 0 Å². The van der Waals surface area contributed by atoms with Crippen molar-refractivity contribution in [2.75, 3.05) is 45.2 Å². The second-order valence-corrected chi connectivity index (χ2v) is 8.88. The first-order chi connectivity index (χ1) is 13.3. The Morgan fingerprint density at radius 1 is 1.29 bits per heavy atom. The molecule has 0 radical (unpaired) electrons. The number of nitrogens with zero attached hydrogens (tertiary/aromatic N) is 2. The van der Waals surface area contributed by atoms with E-state index in [0.29, 0.717) is 31.9 Å². The quantitative estimate of drug-likeness (QED) is 0.619. The summed E-state index contributed by atoms with van der Waals surface area (Å²) in [6.07, 6.45) is 1.74. The Labute approximate surface area is 166 Å². The summed E-state index contributed by atoms with van der Waals surface area (Å²) in [6, 6.07) is 6.31. The van der Waals surface area contributed by atoms with Crippen LogP contribution in [-0.4, -0.2) is 69.3 Å². The SMILES string of the molecule is CCN(CC(=O)Nc1cccc(S(=O)(=O)N2CCCC2)c1)CC(C)C(=O)OC. The lowest BCUT2D eigenvalue weighted by Gasteiger charge is -2.22. The monoisotopic (exact) mass is 411 g/mol. The second kappa shape index (κ2) is 9.99. The first-order valence-corrected chi connectivity index (χ1v) is 10.9. The van der Waals surface area contributed by atoms with Gasteiger partial charge in [-0.2, -0.15) is 4.31 Å². The Morgan fingerprint density at radius 2 is 1.96 bits per heavy atom. The summed E-state index contributed by atoms with van der Waals surface area (Å²) < 4.78 is 31.5. The maximum absolute atomic E-state index is 12.7. The molecule has 1 fully saturated rings. The molecule has 1 aliphatic rings. The lowest BCUT2D eigenvalue weighted by atomic mass is 10.1. The summed E-state index contributed by atoms with van der Waals surface area (Å²) in [5, 5.41) is 2.75. The number of esters is 1. The van der Waals surface area contributed by atoms with Crippen LogP contribution in [0.25, 0.3) is 0 Å². The molecular weight excluding hydrogens is 382 g/mol. The van der Waals surface area contributed by atoms with Crippen molar-refractivity contribution >= 4 is 27.6 Å². The molecule has 1 heterocycles. The predicted octanol–water partition coefficient (Wildman–Crippen LogP) is 1.54. The zero-order valence-electron chi connectivity index (χ0n) is 16.7. The van der Waals surface area contributed by atoms with Gasteiger partial charge in [-0.05, 0) is 37.6 Å². The van der Waals surface area contributed by atoms with Gasteiger partial charge in [0, 0.05) is 25.3 Å². The third kappa shape index (κ3) is 5.76. The van der Waals surface area contributed by atoms with E-state index in [0.717, 1.165) is 12.8 Å². The molecular formula is C19H29N3O5S. The van der Waals surface area contributed by atoms with Crippen molar-refractivity contribution in [3.63, 3.8) is 0 Å². The van der Waals surface area contributed by atoms with Gasteiger partial charge in [-0.15, -0.1) is 0 Å². The molecule has 0 saturated carbocycles. The average molecular weight is 412 g/mol. The molecule has 1 unspecified atom stereocenters. The molecule has 9 heteroatoms. The van der Waals surface area contributed by atoms with Gasteiger partial charge >= 0.3 is 5.97 Å². The van der Waals surface area contributed by atoms with Crippen LogP contribution in [0.5, 0.6) is 0 Å². The van der Waals surface area contributed by atoms with E-state index in [1.807, 2.05) is 11.8 Å². The molecule has 0 bridgehead atoms. The van der Waals surface area contributed by atoms with Gasteiger partial charge in [-0.1, -0.05) is 19.9 Å². The zero-order valence-corrected chi connectivity index (χ0v) is 17.5. The van der Waals surface area contributed by atoms with Crippen molar-refractivity contribution in [2.24, 2.45) is 5.92 Å². The normalized spacial score (nSPS) is 16.1. The summed E-state index contributed by atoms with van der Waals surface area (Å²) in [5.74, 6) is -0.931. The Balaban J connectivity index is 2.01. The third-order valence-corrected chi connectivity index (χ3v) is 6.67. The van der Waals surface area contributed by atoms with Crippen LogP contribution in [0.4, 0.5) is 5.69 Å². The van der Waals surface area contributed by atoms with E-state index < -0.39 is 10.0 Å². The van der Waals surface area contributed by atoms with Crippen LogP contribution in [0.15, 0.2) is 29.2 Å². The van der Waals surface area contributed by atoms with Gasteiger partial charge in [0.05, 0.1) is 24.5 Å². The van der Waals surface area contributed by atoms with Crippen LogP contribution in [0.3, 0.4) is 0 Å². The van der Waals surface area contributed by atoms with Gasteiger partial charge in [-0.25, -0.2) is 8.42 Å². The van der Waals surface area contributed by atoms with E-state index in [1.165, 1.54) is 17.5 Å². The number of rotatable bonds is 9. The minimum Gasteiger partial charge on any atom is -0.469 e. The predicted molar refractivity (Wildman–Crippen MR) is 106 cm³/mol. The van der Waals surface area contributed by atoms with Gasteiger partial charge < -0.3 is 10.1 Å². The highest BCUT2D eigenvalue weighted by molar-refractivity contribution is 7.89. The molecule has 1 atom stereocenters. The maximum atomic E-state index is 12.7. The number of hydrogen-bond donors (Lipinski definition) is 1. The Morgan fingerprint density at radius 3 is 2.57 bits per heavy atom. The number of ether oxygens (including phenoxy) is 1. The number of nitrogens with one attached hydrogen (secondary N) is 1. The number of sulfonamides is 1. The van der Waals surface area contributed by atoms with Crippen LogP contribution < -0.4 is 5.32 Å². The van der Waals surface area contributed by atoms with Gasteiger partial charge in [-0.3, -0.25) is 14.5 Å². The lowest BCUT2D eigenvalue weighted by molar-refractivity contribution is -0.145. The van der Waals surface area contributed by atoms with Crippen LogP contribution in [-0.2, 0) is 24.3 Å².